The lowest BCUT2D eigenvalue weighted by molar-refractivity contribution is 0.171. The average Bonchev–Trinajstić information content (AvgIpc) is 2.87. The zero-order chi connectivity index (χ0) is 12.4. The van der Waals surface area contributed by atoms with Crippen molar-refractivity contribution >= 4 is 12.6 Å². The molecular formula is C12H12N2O3S. The highest BCUT2D eigenvalue weighted by molar-refractivity contribution is 7.80. The van der Waals surface area contributed by atoms with Crippen molar-refractivity contribution in [2.45, 2.75) is 6.42 Å². The number of hydrogen-bond acceptors (Lipinski definition) is 6. The zero-order valence-corrected chi connectivity index (χ0v) is 10.5. The smallest absolute Gasteiger partial charge is 0.247 e. The number of aromatic nitrogens is 2. The maximum absolute atomic E-state index is 5.53. The fourth-order valence-corrected chi connectivity index (χ4v) is 1.93. The van der Waals surface area contributed by atoms with Gasteiger partial charge in [-0.05, 0) is 24.0 Å². The number of hydrogen-bond donors (Lipinski definition) is 1. The van der Waals surface area contributed by atoms with Crippen LogP contribution in [0.15, 0.2) is 22.6 Å². The summed E-state index contributed by atoms with van der Waals surface area (Å²) in [6.07, 6.45) is 0.667. The van der Waals surface area contributed by atoms with E-state index in [4.69, 9.17) is 13.9 Å². The van der Waals surface area contributed by atoms with Gasteiger partial charge in [-0.25, -0.2) is 0 Å². The monoisotopic (exact) mass is 264 g/mol. The molecule has 0 saturated carbocycles. The highest BCUT2D eigenvalue weighted by Crippen LogP contribution is 2.34. The Labute approximate surface area is 110 Å². The van der Waals surface area contributed by atoms with E-state index >= 15 is 0 Å². The molecule has 5 nitrogen and oxygen atoms in total. The van der Waals surface area contributed by atoms with Crippen molar-refractivity contribution in [3.05, 3.63) is 24.1 Å². The van der Waals surface area contributed by atoms with E-state index in [9.17, 15) is 0 Å². The first-order chi connectivity index (χ1) is 8.86. The van der Waals surface area contributed by atoms with E-state index in [1.807, 2.05) is 18.2 Å². The van der Waals surface area contributed by atoms with Crippen LogP contribution in [0.3, 0.4) is 0 Å². The van der Waals surface area contributed by atoms with Gasteiger partial charge in [-0.15, -0.1) is 10.2 Å². The fourth-order valence-electron chi connectivity index (χ4n) is 1.74. The second-order valence-electron chi connectivity index (χ2n) is 3.83. The van der Waals surface area contributed by atoms with Gasteiger partial charge in [0.05, 0.1) is 0 Å². The van der Waals surface area contributed by atoms with Crippen LogP contribution in [-0.2, 0) is 6.42 Å². The van der Waals surface area contributed by atoms with E-state index in [-0.39, 0.29) is 0 Å². The molecule has 0 spiro atoms. The van der Waals surface area contributed by atoms with Crippen molar-refractivity contribution in [3.8, 4) is 23.0 Å². The minimum atomic E-state index is 0.490. The van der Waals surface area contributed by atoms with Gasteiger partial charge in [-0.2, -0.15) is 12.6 Å². The number of benzene rings is 1. The Kier molecular flexibility index (Phi) is 3.10. The van der Waals surface area contributed by atoms with E-state index < -0.39 is 0 Å². The van der Waals surface area contributed by atoms with Gasteiger partial charge in [0.15, 0.2) is 11.5 Å². The van der Waals surface area contributed by atoms with Gasteiger partial charge in [0.1, 0.15) is 13.2 Å². The number of rotatable bonds is 3. The third kappa shape index (κ3) is 2.15. The van der Waals surface area contributed by atoms with Crippen molar-refractivity contribution in [1.29, 1.82) is 0 Å². The topological polar surface area (TPSA) is 57.4 Å². The van der Waals surface area contributed by atoms with E-state index in [0.29, 0.717) is 42.9 Å². The highest BCUT2D eigenvalue weighted by Gasteiger charge is 2.15. The van der Waals surface area contributed by atoms with Gasteiger partial charge < -0.3 is 13.9 Å². The number of fused-ring (bicyclic) bond motifs is 1. The summed E-state index contributed by atoms with van der Waals surface area (Å²) in [5, 5.41) is 7.96. The minimum absolute atomic E-state index is 0.490. The molecule has 6 heteroatoms. The summed E-state index contributed by atoms with van der Waals surface area (Å²) in [7, 11) is 0. The summed E-state index contributed by atoms with van der Waals surface area (Å²) in [5.41, 5.74) is 0.831. The van der Waals surface area contributed by atoms with Crippen molar-refractivity contribution in [2.24, 2.45) is 0 Å². The average molecular weight is 264 g/mol. The normalized spacial score (nSPS) is 13.6. The molecule has 0 N–H and O–H groups in total. The maximum atomic E-state index is 5.53. The van der Waals surface area contributed by atoms with E-state index in [2.05, 4.69) is 22.8 Å². The summed E-state index contributed by atoms with van der Waals surface area (Å²) in [6.45, 7) is 1.14. The number of aryl methyl sites for hydroxylation is 1. The van der Waals surface area contributed by atoms with Crippen molar-refractivity contribution < 1.29 is 13.9 Å². The molecule has 0 aliphatic carbocycles. The van der Waals surface area contributed by atoms with Crippen LogP contribution in [-0.4, -0.2) is 29.2 Å². The molecule has 0 atom stereocenters. The lowest BCUT2D eigenvalue weighted by atomic mass is 10.2. The Hall–Kier alpha value is -1.69. The molecule has 1 aromatic heterocycles. The van der Waals surface area contributed by atoms with Crippen LogP contribution in [0.1, 0.15) is 5.89 Å². The number of ether oxygens (including phenoxy) is 2. The fraction of sp³-hybridized carbons (Fsp3) is 0.333. The van der Waals surface area contributed by atoms with E-state index in [0.717, 1.165) is 11.3 Å². The Bertz CT molecular complexity index is 556. The molecule has 0 amide bonds. The molecule has 1 aliphatic rings. The van der Waals surface area contributed by atoms with E-state index in [1.165, 1.54) is 0 Å². The Morgan fingerprint density at radius 3 is 2.78 bits per heavy atom. The molecule has 0 fully saturated rings. The molecular weight excluding hydrogens is 252 g/mol. The minimum Gasteiger partial charge on any atom is -0.486 e. The summed E-state index contributed by atoms with van der Waals surface area (Å²) in [6, 6.07) is 5.59. The molecule has 3 rings (SSSR count). The summed E-state index contributed by atoms with van der Waals surface area (Å²) in [4.78, 5) is 0. The second kappa shape index (κ2) is 4.89. The Morgan fingerprint density at radius 1 is 1.11 bits per heavy atom. The van der Waals surface area contributed by atoms with Crippen molar-refractivity contribution in [2.75, 3.05) is 19.0 Å². The molecule has 2 aromatic rings. The van der Waals surface area contributed by atoms with Crippen LogP contribution in [0, 0.1) is 0 Å². The Morgan fingerprint density at radius 2 is 1.94 bits per heavy atom. The SMILES string of the molecule is SCCc1nnc(-c2ccc3c(c2)OCCO3)o1. The lowest BCUT2D eigenvalue weighted by Gasteiger charge is -2.18. The summed E-state index contributed by atoms with van der Waals surface area (Å²) in [5.74, 6) is 3.23. The van der Waals surface area contributed by atoms with Gasteiger partial charge in [-0.3, -0.25) is 0 Å². The third-order valence-electron chi connectivity index (χ3n) is 2.58. The Balaban J connectivity index is 1.91. The van der Waals surface area contributed by atoms with Crippen LogP contribution in [0.5, 0.6) is 11.5 Å². The number of nitrogens with zero attached hydrogens (tertiary/aromatic N) is 2. The highest BCUT2D eigenvalue weighted by atomic mass is 32.1. The predicted molar refractivity (Wildman–Crippen MR) is 68.3 cm³/mol. The first kappa shape index (κ1) is 11.4. The predicted octanol–water partition coefficient (Wildman–Crippen LogP) is 1.98. The van der Waals surface area contributed by atoms with Crippen LogP contribution in [0.25, 0.3) is 11.5 Å². The molecule has 94 valence electrons. The third-order valence-corrected chi connectivity index (χ3v) is 2.81. The maximum Gasteiger partial charge on any atom is 0.247 e. The second-order valence-corrected chi connectivity index (χ2v) is 4.28. The van der Waals surface area contributed by atoms with Gasteiger partial charge >= 0.3 is 0 Å². The van der Waals surface area contributed by atoms with Crippen molar-refractivity contribution in [1.82, 2.24) is 10.2 Å². The van der Waals surface area contributed by atoms with Crippen LogP contribution in [0.2, 0.25) is 0 Å². The molecule has 0 saturated heterocycles. The van der Waals surface area contributed by atoms with Crippen LogP contribution < -0.4 is 9.47 Å². The standard InChI is InChI=1S/C12H12N2O3S/c18-6-3-11-13-14-12(17-11)8-1-2-9-10(7-8)16-5-4-15-9/h1-2,7,18H,3-6H2. The molecule has 2 heterocycles. The summed E-state index contributed by atoms with van der Waals surface area (Å²) < 4.78 is 16.5. The van der Waals surface area contributed by atoms with E-state index in [1.54, 1.807) is 0 Å². The lowest BCUT2D eigenvalue weighted by Crippen LogP contribution is -2.15. The largest absolute Gasteiger partial charge is 0.486 e. The van der Waals surface area contributed by atoms with Gasteiger partial charge in [0.25, 0.3) is 0 Å². The van der Waals surface area contributed by atoms with Crippen molar-refractivity contribution in [3.63, 3.8) is 0 Å². The van der Waals surface area contributed by atoms with Gasteiger partial charge in [0, 0.05) is 12.0 Å². The summed E-state index contributed by atoms with van der Waals surface area (Å²) >= 11 is 4.13. The molecule has 0 unspecified atom stereocenters. The van der Waals surface area contributed by atoms with Crippen LogP contribution >= 0.6 is 12.6 Å². The van der Waals surface area contributed by atoms with Gasteiger partial charge in [-0.1, -0.05) is 0 Å². The van der Waals surface area contributed by atoms with Crippen LogP contribution in [0.4, 0.5) is 0 Å². The molecule has 0 bridgehead atoms. The molecule has 0 radical (unpaired) electrons. The quantitative estimate of drug-likeness (QED) is 0.859. The van der Waals surface area contributed by atoms with Gasteiger partial charge in [0.2, 0.25) is 11.8 Å². The molecule has 1 aliphatic heterocycles. The zero-order valence-electron chi connectivity index (χ0n) is 9.63. The molecule has 18 heavy (non-hydrogen) atoms. The first-order valence-corrected chi connectivity index (χ1v) is 6.33. The number of thiol groups is 1. The molecule has 1 aromatic carbocycles. The first-order valence-electron chi connectivity index (χ1n) is 5.70.